The van der Waals surface area contributed by atoms with Gasteiger partial charge in [-0.1, -0.05) is 48.0 Å². The largest absolute Gasteiger partial charge is 0.481 e. The van der Waals surface area contributed by atoms with Gasteiger partial charge >= 0.3 is 5.97 Å². The van der Waals surface area contributed by atoms with E-state index in [-0.39, 0.29) is 12.3 Å². The number of carboxylic acid groups (broad SMARTS) is 1. The van der Waals surface area contributed by atoms with E-state index in [1.807, 2.05) is 52.7 Å². The molecule has 2 aromatic carbocycles. The van der Waals surface area contributed by atoms with E-state index in [1.54, 1.807) is 28.4 Å². The van der Waals surface area contributed by atoms with Gasteiger partial charge in [0.05, 0.1) is 0 Å². The SMILES string of the molecule is C=CCC1(C(=O)N(CCCC(=O)O)Cc2cccc(Cl)c2)CCN1C(O)c1csc2ccccc12. The van der Waals surface area contributed by atoms with E-state index in [1.165, 1.54) is 0 Å². The van der Waals surface area contributed by atoms with Gasteiger partial charge in [-0.2, -0.15) is 0 Å². The molecule has 1 aromatic heterocycles. The summed E-state index contributed by atoms with van der Waals surface area (Å²) in [4.78, 5) is 28.8. The van der Waals surface area contributed by atoms with Crippen LogP contribution in [0.1, 0.15) is 43.0 Å². The summed E-state index contributed by atoms with van der Waals surface area (Å²) in [6.45, 7) is 5.06. The topological polar surface area (TPSA) is 81.1 Å². The van der Waals surface area contributed by atoms with E-state index < -0.39 is 17.7 Å². The molecule has 0 saturated carbocycles. The Labute approximate surface area is 214 Å². The van der Waals surface area contributed by atoms with Crippen molar-refractivity contribution >= 4 is 44.9 Å². The Morgan fingerprint density at radius 1 is 1.26 bits per heavy atom. The van der Waals surface area contributed by atoms with E-state index in [4.69, 9.17) is 16.7 Å². The lowest BCUT2D eigenvalue weighted by Crippen LogP contribution is -2.68. The highest BCUT2D eigenvalue weighted by Gasteiger charge is 2.54. The lowest BCUT2D eigenvalue weighted by Gasteiger charge is -2.54. The highest BCUT2D eigenvalue weighted by Crippen LogP contribution is 2.44. The third-order valence-electron chi connectivity index (χ3n) is 6.65. The lowest BCUT2D eigenvalue weighted by atomic mass is 9.79. The fraction of sp³-hybridized carbons (Fsp3) is 0.333. The number of carboxylic acids is 1. The molecule has 2 N–H and O–H groups in total. The average Bonchev–Trinajstić information content (AvgIpc) is 3.25. The maximum atomic E-state index is 14.1. The van der Waals surface area contributed by atoms with Crippen molar-refractivity contribution in [3.63, 3.8) is 0 Å². The van der Waals surface area contributed by atoms with Gasteiger partial charge in [-0.05, 0) is 53.8 Å². The van der Waals surface area contributed by atoms with Crippen LogP contribution >= 0.6 is 22.9 Å². The molecular weight excluding hydrogens is 484 g/mol. The predicted octanol–water partition coefficient (Wildman–Crippen LogP) is 5.46. The van der Waals surface area contributed by atoms with Gasteiger partial charge in [0.1, 0.15) is 11.8 Å². The van der Waals surface area contributed by atoms with Crippen LogP contribution in [0.25, 0.3) is 10.1 Å². The highest BCUT2D eigenvalue weighted by molar-refractivity contribution is 7.17. The molecule has 0 aliphatic carbocycles. The molecular formula is C27H29ClN2O4S. The number of hydrogen-bond acceptors (Lipinski definition) is 5. The number of fused-ring (bicyclic) bond motifs is 1. The number of nitrogens with zero attached hydrogens (tertiary/aromatic N) is 2. The first kappa shape index (κ1) is 25.4. The highest BCUT2D eigenvalue weighted by atomic mass is 35.5. The number of aliphatic hydroxyl groups is 1. The normalized spacial score (nSPS) is 18.7. The van der Waals surface area contributed by atoms with Crippen molar-refractivity contribution in [2.45, 2.75) is 44.0 Å². The Bertz CT molecular complexity index is 1230. The minimum Gasteiger partial charge on any atom is -0.481 e. The van der Waals surface area contributed by atoms with Gasteiger partial charge in [-0.25, -0.2) is 0 Å². The van der Waals surface area contributed by atoms with E-state index in [9.17, 15) is 14.7 Å². The second-order valence-electron chi connectivity index (χ2n) is 8.88. The van der Waals surface area contributed by atoms with Crippen LogP contribution in [0.4, 0.5) is 0 Å². The van der Waals surface area contributed by atoms with E-state index in [0.717, 1.165) is 21.2 Å². The monoisotopic (exact) mass is 512 g/mol. The molecule has 184 valence electrons. The Kier molecular flexibility index (Phi) is 7.91. The Morgan fingerprint density at radius 2 is 2.06 bits per heavy atom. The predicted molar refractivity (Wildman–Crippen MR) is 139 cm³/mol. The summed E-state index contributed by atoms with van der Waals surface area (Å²) in [6, 6.07) is 15.2. The van der Waals surface area contributed by atoms with Crippen molar-refractivity contribution < 1.29 is 19.8 Å². The summed E-state index contributed by atoms with van der Waals surface area (Å²) in [7, 11) is 0. The number of rotatable bonds is 11. The zero-order chi connectivity index (χ0) is 25.0. The van der Waals surface area contributed by atoms with E-state index >= 15 is 0 Å². The Balaban J connectivity index is 1.63. The van der Waals surface area contributed by atoms with Gasteiger partial charge in [0.15, 0.2) is 0 Å². The van der Waals surface area contributed by atoms with Crippen molar-refractivity contribution in [1.29, 1.82) is 0 Å². The molecule has 2 unspecified atom stereocenters. The molecule has 0 radical (unpaired) electrons. The third kappa shape index (κ3) is 5.28. The molecule has 2 atom stereocenters. The number of amides is 1. The molecule has 4 rings (SSSR count). The van der Waals surface area contributed by atoms with Crippen molar-refractivity contribution in [3.8, 4) is 0 Å². The van der Waals surface area contributed by atoms with Crippen molar-refractivity contribution in [2.24, 2.45) is 0 Å². The molecule has 0 bridgehead atoms. The van der Waals surface area contributed by atoms with Crippen LogP contribution in [0.15, 0.2) is 66.6 Å². The maximum absolute atomic E-state index is 14.1. The van der Waals surface area contributed by atoms with Gasteiger partial charge in [0, 0.05) is 41.3 Å². The second kappa shape index (κ2) is 10.9. The van der Waals surface area contributed by atoms with E-state index in [0.29, 0.717) is 43.9 Å². The number of carbonyl (C=O) groups excluding carboxylic acids is 1. The summed E-state index contributed by atoms with van der Waals surface area (Å²) in [5.41, 5.74) is 0.718. The van der Waals surface area contributed by atoms with Crippen LogP contribution < -0.4 is 0 Å². The fourth-order valence-corrected chi connectivity index (χ4v) is 6.02. The standard InChI is InChI=1S/C27H29ClN2O4S/c1-2-12-27(13-15-30(27)25(33)22-18-35-23-10-4-3-9-21(22)23)26(34)29(14-6-11-24(31)32)17-19-7-5-8-20(28)16-19/h2-5,7-10,16,18,25,33H,1,6,11-15,17H2,(H,31,32). The maximum Gasteiger partial charge on any atom is 0.303 e. The van der Waals surface area contributed by atoms with Gasteiger partial charge in [0.25, 0.3) is 0 Å². The molecule has 6 nitrogen and oxygen atoms in total. The Hall–Kier alpha value is -2.71. The minimum absolute atomic E-state index is 0.0268. The summed E-state index contributed by atoms with van der Waals surface area (Å²) < 4.78 is 1.08. The molecule has 1 aliphatic heterocycles. The van der Waals surface area contributed by atoms with Gasteiger partial charge in [-0.15, -0.1) is 17.9 Å². The van der Waals surface area contributed by atoms with Crippen LogP contribution in [-0.2, 0) is 16.1 Å². The summed E-state index contributed by atoms with van der Waals surface area (Å²) in [5.74, 6) is -1.03. The van der Waals surface area contributed by atoms with Crippen LogP contribution in [0, 0.1) is 0 Å². The minimum atomic E-state index is -0.938. The van der Waals surface area contributed by atoms with Gasteiger partial charge in [0.2, 0.25) is 5.91 Å². The smallest absolute Gasteiger partial charge is 0.303 e. The lowest BCUT2D eigenvalue weighted by molar-refractivity contribution is -0.176. The number of aliphatic hydroxyl groups excluding tert-OH is 1. The number of benzene rings is 2. The summed E-state index contributed by atoms with van der Waals surface area (Å²) >= 11 is 7.74. The molecule has 1 fully saturated rings. The average molecular weight is 513 g/mol. The quantitative estimate of drug-likeness (QED) is 0.333. The molecule has 1 aliphatic rings. The molecule has 2 heterocycles. The number of aliphatic carboxylic acids is 1. The number of carbonyl (C=O) groups is 2. The summed E-state index contributed by atoms with van der Waals surface area (Å²) in [5, 5.41) is 24.1. The molecule has 8 heteroatoms. The first-order chi connectivity index (χ1) is 16.9. The molecule has 0 spiro atoms. The molecule has 35 heavy (non-hydrogen) atoms. The Morgan fingerprint density at radius 3 is 2.74 bits per heavy atom. The molecule has 3 aromatic rings. The van der Waals surface area contributed by atoms with Crippen LogP contribution in [-0.4, -0.2) is 50.5 Å². The number of halogens is 1. The summed E-state index contributed by atoms with van der Waals surface area (Å²) in [6.07, 6.45) is 2.07. The third-order valence-corrected chi connectivity index (χ3v) is 7.87. The van der Waals surface area contributed by atoms with Gasteiger partial charge < -0.3 is 15.1 Å². The molecule has 1 saturated heterocycles. The van der Waals surface area contributed by atoms with E-state index in [2.05, 4.69) is 6.58 Å². The first-order valence-corrected chi connectivity index (χ1v) is 12.9. The van der Waals surface area contributed by atoms with Crippen molar-refractivity contribution in [2.75, 3.05) is 13.1 Å². The van der Waals surface area contributed by atoms with Crippen molar-refractivity contribution in [1.82, 2.24) is 9.80 Å². The first-order valence-electron chi connectivity index (χ1n) is 11.6. The van der Waals surface area contributed by atoms with Crippen LogP contribution in [0.3, 0.4) is 0 Å². The fourth-order valence-electron chi connectivity index (χ4n) is 4.83. The zero-order valence-corrected chi connectivity index (χ0v) is 21.0. The second-order valence-corrected chi connectivity index (χ2v) is 10.2. The number of likely N-dealkylation sites (tertiary alicyclic amines) is 1. The van der Waals surface area contributed by atoms with Crippen LogP contribution in [0.5, 0.6) is 0 Å². The van der Waals surface area contributed by atoms with Gasteiger partial charge in [-0.3, -0.25) is 14.5 Å². The zero-order valence-electron chi connectivity index (χ0n) is 19.4. The molecule has 1 amide bonds. The van der Waals surface area contributed by atoms with Crippen molar-refractivity contribution in [3.05, 3.63) is 82.7 Å². The number of thiophene rings is 1. The number of hydrogen-bond donors (Lipinski definition) is 2. The van der Waals surface area contributed by atoms with Crippen LogP contribution in [0.2, 0.25) is 5.02 Å².